The van der Waals surface area contributed by atoms with Crippen LogP contribution in [0.1, 0.15) is 17.2 Å². The predicted octanol–water partition coefficient (Wildman–Crippen LogP) is 1.86. The first kappa shape index (κ1) is 27.4. The highest BCUT2D eigenvalue weighted by molar-refractivity contribution is 6.31. The Hall–Kier alpha value is -0.890. The second-order valence-electron chi connectivity index (χ2n) is 6.99. The van der Waals surface area contributed by atoms with Crippen molar-refractivity contribution in [1.29, 1.82) is 0 Å². The van der Waals surface area contributed by atoms with E-state index >= 15 is 0 Å². The lowest BCUT2D eigenvalue weighted by atomic mass is 9.90. The van der Waals surface area contributed by atoms with Gasteiger partial charge >= 0.3 is 0 Å². The molecule has 1 aliphatic rings. The summed E-state index contributed by atoms with van der Waals surface area (Å²) in [6, 6.07) is 5.28. The highest BCUT2D eigenvalue weighted by atomic mass is 35.5. The van der Waals surface area contributed by atoms with Crippen molar-refractivity contribution in [3.8, 4) is 0 Å². The number of hydrogen-bond acceptors (Lipinski definition) is 10. The molecule has 0 amide bonds. The lowest BCUT2D eigenvalue weighted by Gasteiger charge is -2.46. The van der Waals surface area contributed by atoms with Gasteiger partial charge < -0.3 is 47.7 Å². The van der Waals surface area contributed by atoms with Crippen molar-refractivity contribution in [3.63, 3.8) is 0 Å². The van der Waals surface area contributed by atoms with E-state index in [1.165, 1.54) is 28.4 Å². The molecule has 1 unspecified atom stereocenters. The minimum atomic E-state index is -0.640. The van der Waals surface area contributed by atoms with Gasteiger partial charge in [0.1, 0.15) is 57.7 Å². The predicted molar refractivity (Wildman–Crippen MR) is 113 cm³/mol. The van der Waals surface area contributed by atoms with Crippen LogP contribution in [0.5, 0.6) is 0 Å². The van der Waals surface area contributed by atoms with E-state index in [9.17, 15) is 5.11 Å². The van der Waals surface area contributed by atoms with Gasteiger partial charge in [-0.1, -0.05) is 17.7 Å². The average Bonchev–Trinajstić information content (AvgIpc) is 2.81. The van der Waals surface area contributed by atoms with Crippen LogP contribution >= 0.6 is 11.6 Å². The Kier molecular flexibility index (Phi) is 12.9. The van der Waals surface area contributed by atoms with Crippen LogP contribution in [0.3, 0.4) is 0 Å². The van der Waals surface area contributed by atoms with Crippen molar-refractivity contribution >= 4 is 11.6 Å². The molecule has 0 bridgehead atoms. The molecular weight excluding hydrogens is 448 g/mol. The zero-order chi connectivity index (χ0) is 23.3. The molecule has 1 heterocycles. The molecule has 0 radical (unpaired) electrons. The quantitative estimate of drug-likeness (QED) is 0.295. The third-order valence-electron chi connectivity index (χ3n) is 4.82. The lowest BCUT2D eigenvalue weighted by molar-refractivity contribution is -0.299. The van der Waals surface area contributed by atoms with E-state index in [0.717, 1.165) is 5.56 Å². The summed E-state index contributed by atoms with van der Waals surface area (Å²) in [4.78, 5) is 0. The number of benzene rings is 1. The summed E-state index contributed by atoms with van der Waals surface area (Å²) in [6.45, 7) is 0.0592. The molecular formula is C21H33ClO10. The van der Waals surface area contributed by atoms with Crippen molar-refractivity contribution in [2.24, 2.45) is 0 Å². The summed E-state index contributed by atoms with van der Waals surface area (Å²) < 4.78 is 50.2. The summed E-state index contributed by atoms with van der Waals surface area (Å²) in [5.41, 5.74) is 1.31. The Labute approximate surface area is 193 Å². The molecule has 11 heteroatoms. The van der Waals surface area contributed by atoms with Crippen molar-refractivity contribution in [2.75, 3.05) is 62.2 Å². The third-order valence-corrected chi connectivity index (χ3v) is 5.19. The van der Waals surface area contributed by atoms with E-state index in [0.29, 0.717) is 10.6 Å². The van der Waals surface area contributed by atoms with Crippen molar-refractivity contribution in [1.82, 2.24) is 0 Å². The van der Waals surface area contributed by atoms with Crippen LogP contribution in [0.25, 0.3) is 0 Å². The maximum atomic E-state index is 9.67. The molecule has 1 N–H and O–H groups in total. The number of ether oxygens (including phenoxy) is 9. The van der Waals surface area contributed by atoms with Gasteiger partial charge in [-0.3, -0.25) is 0 Å². The molecule has 0 aliphatic carbocycles. The van der Waals surface area contributed by atoms with Gasteiger partial charge in [0, 0.05) is 33.5 Å². The standard InChI is InChI=1S/C21H33ClO10/c1-24-10-28-9-17-19(29-11-25-2)21(31-13-27-4)20(30-12-26-3)18(32-17)14-5-6-16(22)15(7-14)8-23/h5-7,17-21,23H,8-13H2,1-4H3/t17?,18-,19+,20+,21+/m0/s1. The average molecular weight is 481 g/mol. The van der Waals surface area contributed by atoms with Crippen molar-refractivity contribution in [2.45, 2.75) is 37.1 Å². The first-order valence-electron chi connectivity index (χ1n) is 10.0. The number of halogens is 1. The van der Waals surface area contributed by atoms with Crippen LogP contribution in [0, 0.1) is 0 Å². The van der Waals surface area contributed by atoms with Crippen LogP contribution in [0.2, 0.25) is 5.02 Å². The zero-order valence-electron chi connectivity index (χ0n) is 18.9. The number of aliphatic hydroxyl groups is 1. The zero-order valence-corrected chi connectivity index (χ0v) is 19.6. The fourth-order valence-corrected chi connectivity index (χ4v) is 3.65. The summed E-state index contributed by atoms with van der Waals surface area (Å²) in [6.07, 6.45) is -3.03. The highest BCUT2D eigenvalue weighted by Gasteiger charge is 2.49. The maximum absolute atomic E-state index is 9.67. The van der Waals surface area contributed by atoms with Crippen molar-refractivity contribution in [3.05, 3.63) is 34.3 Å². The van der Waals surface area contributed by atoms with E-state index in [4.69, 9.17) is 54.2 Å². The molecule has 2 rings (SSSR count). The van der Waals surface area contributed by atoms with Gasteiger partial charge in [-0.2, -0.15) is 0 Å². The SMILES string of the molecule is COCOCC1O[C@@H](c2ccc(Cl)c(CO)c2)[C@@H](OCOC)[C@H](OCOC)[C@@H]1OCOC. The van der Waals surface area contributed by atoms with Gasteiger partial charge in [0.05, 0.1) is 13.2 Å². The number of aliphatic hydroxyl groups excluding tert-OH is 1. The summed E-state index contributed by atoms with van der Waals surface area (Å²) in [5.74, 6) is 0. The molecule has 32 heavy (non-hydrogen) atoms. The Morgan fingerprint density at radius 1 is 0.844 bits per heavy atom. The van der Waals surface area contributed by atoms with E-state index in [1.807, 2.05) is 6.07 Å². The molecule has 1 aliphatic heterocycles. The van der Waals surface area contributed by atoms with E-state index in [-0.39, 0.29) is 40.4 Å². The normalized spacial score (nSPS) is 25.9. The second-order valence-corrected chi connectivity index (χ2v) is 7.40. The van der Waals surface area contributed by atoms with E-state index in [2.05, 4.69) is 0 Å². The summed E-state index contributed by atoms with van der Waals surface area (Å²) in [7, 11) is 6.11. The van der Waals surface area contributed by atoms with Gasteiger partial charge in [-0.15, -0.1) is 0 Å². The smallest absolute Gasteiger partial charge is 0.146 e. The van der Waals surface area contributed by atoms with Gasteiger partial charge in [0.2, 0.25) is 0 Å². The number of hydrogen-bond donors (Lipinski definition) is 1. The second kappa shape index (κ2) is 15.1. The van der Waals surface area contributed by atoms with Gasteiger partial charge in [-0.05, 0) is 23.3 Å². The van der Waals surface area contributed by atoms with Crippen LogP contribution in [0.4, 0.5) is 0 Å². The molecule has 1 aromatic rings. The topological polar surface area (TPSA) is 103 Å². The molecule has 10 nitrogen and oxygen atoms in total. The monoisotopic (exact) mass is 480 g/mol. The number of methoxy groups -OCH3 is 4. The van der Waals surface area contributed by atoms with Crippen LogP contribution in [-0.2, 0) is 49.2 Å². The van der Waals surface area contributed by atoms with Crippen LogP contribution in [-0.4, -0.2) is 91.7 Å². The Balaban J connectivity index is 2.43. The minimum absolute atomic E-state index is 0.000342. The maximum Gasteiger partial charge on any atom is 0.146 e. The Bertz CT molecular complexity index is 649. The van der Waals surface area contributed by atoms with Crippen LogP contribution < -0.4 is 0 Å². The summed E-state index contributed by atoms with van der Waals surface area (Å²) >= 11 is 6.18. The molecule has 0 saturated carbocycles. The van der Waals surface area contributed by atoms with Gasteiger partial charge in [0.25, 0.3) is 0 Å². The summed E-state index contributed by atoms with van der Waals surface area (Å²) in [5, 5.41) is 10.1. The first-order chi connectivity index (χ1) is 15.6. The Morgan fingerprint density at radius 3 is 2.03 bits per heavy atom. The molecule has 0 aromatic heterocycles. The number of rotatable bonds is 15. The highest BCUT2D eigenvalue weighted by Crippen LogP contribution is 2.38. The van der Waals surface area contributed by atoms with Crippen molar-refractivity contribution < 1.29 is 47.7 Å². The fraction of sp³-hybridized carbons (Fsp3) is 0.714. The molecule has 5 atom stereocenters. The molecule has 1 fully saturated rings. The minimum Gasteiger partial charge on any atom is -0.392 e. The van der Waals surface area contributed by atoms with Gasteiger partial charge in [-0.25, -0.2) is 0 Å². The molecule has 1 saturated heterocycles. The molecule has 184 valence electrons. The first-order valence-corrected chi connectivity index (χ1v) is 10.4. The molecule has 0 spiro atoms. The fourth-order valence-electron chi connectivity index (χ4n) is 3.47. The van der Waals surface area contributed by atoms with E-state index < -0.39 is 30.5 Å². The van der Waals surface area contributed by atoms with Crippen LogP contribution in [0.15, 0.2) is 18.2 Å². The largest absolute Gasteiger partial charge is 0.392 e. The van der Waals surface area contributed by atoms with Gasteiger partial charge in [0.15, 0.2) is 0 Å². The lowest BCUT2D eigenvalue weighted by Crippen LogP contribution is -2.58. The Morgan fingerprint density at radius 2 is 1.44 bits per heavy atom. The molecule has 1 aromatic carbocycles. The van der Waals surface area contributed by atoms with E-state index in [1.54, 1.807) is 12.1 Å². The third kappa shape index (κ3) is 7.57.